The second-order valence-corrected chi connectivity index (χ2v) is 7.58. The molecule has 3 N–H and O–H groups in total. The highest BCUT2D eigenvalue weighted by atomic mass is 16.2. The molecule has 3 rings (SSSR count). The van der Waals surface area contributed by atoms with E-state index in [1.54, 1.807) is 4.90 Å². The molecule has 0 atom stereocenters. The zero-order valence-electron chi connectivity index (χ0n) is 16.3. The van der Waals surface area contributed by atoms with Gasteiger partial charge in [-0.15, -0.1) is 0 Å². The highest BCUT2D eigenvalue weighted by Crippen LogP contribution is 2.23. The maximum atomic E-state index is 12.1. The second kappa shape index (κ2) is 10.1. The Labute approximate surface area is 166 Å². The molecule has 2 aliphatic rings. The van der Waals surface area contributed by atoms with E-state index in [1.807, 2.05) is 24.3 Å². The molecule has 28 heavy (non-hydrogen) atoms. The van der Waals surface area contributed by atoms with E-state index in [1.165, 1.54) is 19.3 Å². The summed E-state index contributed by atoms with van der Waals surface area (Å²) < 4.78 is 0. The lowest BCUT2D eigenvalue weighted by Gasteiger charge is -2.22. The number of anilines is 2. The van der Waals surface area contributed by atoms with E-state index < -0.39 is 0 Å². The number of hydrogen-bond acceptors (Lipinski definition) is 3. The van der Waals surface area contributed by atoms with E-state index in [4.69, 9.17) is 0 Å². The minimum Gasteiger partial charge on any atom is -0.338 e. The van der Waals surface area contributed by atoms with Crippen molar-refractivity contribution in [3.8, 4) is 0 Å². The average molecular weight is 386 g/mol. The van der Waals surface area contributed by atoms with Crippen LogP contribution in [0.25, 0.3) is 0 Å². The zero-order chi connectivity index (χ0) is 19.8. The number of carbonyl (C=O) groups excluding carboxylic acids is 3. The van der Waals surface area contributed by atoms with Crippen molar-refractivity contribution < 1.29 is 14.4 Å². The molecule has 1 aromatic carbocycles. The van der Waals surface area contributed by atoms with Crippen LogP contribution in [0.1, 0.15) is 57.8 Å². The van der Waals surface area contributed by atoms with Crippen LogP contribution in [-0.4, -0.2) is 37.0 Å². The molecule has 1 aliphatic carbocycles. The van der Waals surface area contributed by atoms with Crippen molar-refractivity contribution in [1.82, 2.24) is 10.6 Å². The Balaban J connectivity index is 1.32. The summed E-state index contributed by atoms with van der Waals surface area (Å²) in [6, 6.07) is 7.49. The van der Waals surface area contributed by atoms with Gasteiger partial charge in [-0.05, 0) is 49.9 Å². The molecule has 4 amide bonds. The quantitative estimate of drug-likeness (QED) is 0.629. The lowest BCUT2D eigenvalue weighted by Crippen LogP contribution is -2.43. The Kier molecular flexibility index (Phi) is 7.28. The standard InChI is InChI=1S/C21H30N4O3/c26-19(8-4-14-22-21(28)24-16-6-2-1-3-7-16)23-17-10-12-18(13-11-17)25-15-5-9-20(25)27/h10-13,16H,1-9,14-15H2,(H,23,26)(H2,22,24,28). The molecule has 0 spiro atoms. The van der Waals surface area contributed by atoms with Crippen LogP contribution in [0.4, 0.5) is 16.2 Å². The van der Waals surface area contributed by atoms with Gasteiger partial charge in [0.1, 0.15) is 0 Å². The minimum absolute atomic E-state index is 0.0838. The first-order valence-electron chi connectivity index (χ1n) is 10.4. The summed E-state index contributed by atoms with van der Waals surface area (Å²) in [5.41, 5.74) is 1.58. The Morgan fingerprint density at radius 3 is 2.46 bits per heavy atom. The molecule has 0 unspecified atom stereocenters. The monoisotopic (exact) mass is 386 g/mol. The Morgan fingerprint density at radius 2 is 1.79 bits per heavy atom. The lowest BCUT2D eigenvalue weighted by atomic mass is 9.96. The van der Waals surface area contributed by atoms with E-state index in [0.717, 1.165) is 31.5 Å². The number of carbonyl (C=O) groups is 3. The predicted octanol–water partition coefficient (Wildman–Crippen LogP) is 3.16. The second-order valence-electron chi connectivity index (χ2n) is 7.58. The van der Waals surface area contributed by atoms with Crippen LogP contribution in [0.2, 0.25) is 0 Å². The van der Waals surface area contributed by atoms with Gasteiger partial charge in [0, 0.05) is 43.3 Å². The Bertz CT molecular complexity index is 683. The molecule has 0 aromatic heterocycles. The molecule has 1 heterocycles. The number of benzene rings is 1. The number of hydrogen-bond donors (Lipinski definition) is 3. The molecule has 1 saturated carbocycles. The summed E-state index contributed by atoms with van der Waals surface area (Å²) in [6.07, 6.45) is 8.16. The fourth-order valence-corrected chi connectivity index (χ4v) is 3.80. The summed E-state index contributed by atoms with van der Waals surface area (Å²) in [5.74, 6) is 0.0660. The van der Waals surface area contributed by atoms with Crippen LogP contribution < -0.4 is 20.9 Å². The molecular formula is C21H30N4O3. The molecule has 1 aromatic rings. The summed E-state index contributed by atoms with van der Waals surface area (Å²) in [5, 5.41) is 8.68. The van der Waals surface area contributed by atoms with Gasteiger partial charge in [0.25, 0.3) is 0 Å². The summed E-state index contributed by atoms with van der Waals surface area (Å²) >= 11 is 0. The third kappa shape index (κ3) is 5.97. The highest BCUT2D eigenvalue weighted by molar-refractivity contribution is 5.96. The van der Waals surface area contributed by atoms with E-state index in [2.05, 4.69) is 16.0 Å². The van der Waals surface area contributed by atoms with Crippen LogP contribution in [0.5, 0.6) is 0 Å². The molecule has 0 radical (unpaired) electrons. The third-order valence-corrected chi connectivity index (χ3v) is 5.34. The van der Waals surface area contributed by atoms with Crippen LogP contribution >= 0.6 is 0 Å². The van der Waals surface area contributed by atoms with E-state index in [0.29, 0.717) is 31.5 Å². The van der Waals surface area contributed by atoms with E-state index >= 15 is 0 Å². The van der Waals surface area contributed by atoms with Crippen molar-refractivity contribution >= 4 is 29.2 Å². The summed E-state index contributed by atoms with van der Waals surface area (Å²) in [7, 11) is 0. The van der Waals surface area contributed by atoms with Crippen LogP contribution in [-0.2, 0) is 9.59 Å². The first-order valence-corrected chi connectivity index (χ1v) is 10.4. The van der Waals surface area contributed by atoms with Crippen molar-refractivity contribution in [1.29, 1.82) is 0 Å². The maximum absolute atomic E-state index is 12.1. The molecule has 2 fully saturated rings. The van der Waals surface area contributed by atoms with Crippen molar-refractivity contribution in [3.63, 3.8) is 0 Å². The van der Waals surface area contributed by atoms with Crippen LogP contribution in [0.3, 0.4) is 0 Å². The Hall–Kier alpha value is -2.57. The highest BCUT2D eigenvalue weighted by Gasteiger charge is 2.21. The Morgan fingerprint density at radius 1 is 1.04 bits per heavy atom. The van der Waals surface area contributed by atoms with E-state index in [-0.39, 0.29) is 23.9 Å². The van der Waals surface area contributed by atoms with Gasteiger partial charge < -0.3 is 20.9 Å². The predicted molar refractivity (Wildman–Crippen MR) is 109 cm³/mol. The van der Waals surface area contributed by atoms with Crippen molar-refractivity contribution in [2.45, 2.75) is 63.8 Å². The van der Waals surface area contributed by atoms with Gasteiger partial charge in [-0.1, -0.05) is 19.3 Å². The first kappa shape index (κ1) is 20.2. The smallest absolute Gasteiger partial charge is 0.315 e. The normalized spacial score (nSPS) is 17.4. The summed E-state index contributed by atoms with van der Waals surface area (Å²) in [6.45, 7) is 1.23. The van der Waals surface area contributed by atoms with Crippen molar-refractivity contribution in [2.75, 3.05) is 23.3 Å². The number of urea groups is 1. The average Bonchev–Trinajstić information content (AvgIpc) is 3.12. The van der Waals surface area contributed by atoms with E-state index in [9.17, 15) is 14.4 Å². The molecule has 1 aliphatic heterocycles. The van der Waals surface area contributed by atoms with Crippen LogP contribution in [0, 0.1) is 0 Å². The van der Waals surface area contributed by atoms with Gasteiger partial charge in [0.05, 0.1) is 0 Å². The van der Waals surface area contributed by atoms with Gasteiger partial charge in [-0.3, -0.25) is 9.59 Å². The number of rotatable bonds is 7. The van der Waals surface area contributed by atoms with Crippen LogP contribution in [0.15, 0.2) is 24.3 Å². The van der Waals surface area contributed by atoms with Gasteiger partial charge in [-0.25, -0.2) is 4.79 Å². The maximum Gasteiger partial charge on any atom is 0.315 e. The molecule has 1 saturated heterocycles. The fraction of sp³-hybridized carbons (Fsp3) is 0.571. The summed E-state index contributed by atoms with van der Waals surface area (Å²) in [4.78, 5) is 37.5. The number of nitrogens with one attached hydrogen (secondary N) is 3. The van der Waals surface area contributed by atoms with Gasteiger partial charge in [0.15, 0.2) is 0 Å². The zero-order valence-corrected chi connectivity index (χ0v) is 16.3. The third-order valence-electron chi connectivity index (χ3n) is 5.34. The van der Waals surface area contributed by atoms with Gasteiger partial charge in [-0.2, -0.15) is 0 Å². The van der Waals surface area contributed by atoms with Gasteiger partial charge >= 0.3 is 6.03 Å². The lowest BCUT2D eigenvalue weighted by molar-refractivity contribution is -0.117. The number of amides is 4. The minimum atomic E-state index is -0.139. The fourth-order valence-electron chi connectivity index (χ4n) is 3.80. The van der Waals surface area contributed by atoms with Crippen molar-refractivity contribution in [3.05, 3.63) is 24.3 Å². The number of nitrogens with zero attached hydrogens (tertiary/aromatic N) is 1. The topological polar surface area (TPSA) is 90.5 Å². The van der Waals surface area contributed by atoms with Crippen molar-refractivity contribution in [2.24, 2.45) is 0 Å². The first-order chi connectivity index (χ1) is 13.6. The molecule has 0 bridgehead atoms. The van der Waals surface area contributed by atoms with Gasteiger partial charge in [0.2, 0.25) is 11.8 Å². The molecule has 152 valence electrons. The SMILES string of the molecule is O=C(CCCNC(=O)NC1CCCCC1)Nc1ccc(N2CCCC2=O)cc1. The molecule has 7 nitrogen and oxygen atoms in total. The largest absolute Gasteiger partial charge is 0.338 e. The molecular weight excluding hydrogens is 356 g/mol. The molecule has 7 heteroatoms.